The van der Waals surface area contributed by atoms with E-state index in [0.29, 0.717) is 17.2 Å². The summed E-state index contributed by atoms with van der Waals surface area (Å²) in [7, 11) is 2.92. The molecule has 0 atom stereocenters. The molecule has 1 amide bonds. The predicted molar refractivity (Wildman–Crippen MR) is 87.8 cm³/mol. The molecule has 0 unspecified atom stereocenters. The molecule has 0 spiro atoms. The second kappa shape index (κ2) is 7.34. The van der Waals surface area contributed by atoms with Crippen LogP contribution in [0.1, 0.15) is 11.4 Å². The van der Waals surface area contributed by atoms with Gasteiger partial charge in [0.1, 0.15) is 18.0 Å². The fraction of sp³-hybridized carbons (Fsp3) is 0.333. The van der Waals surface area contributed by atoms with Crippen molar-refractivity contribution in [3.63, 3.8) is 0 Å². The third kappa shape index (κ3) is 4.25. The lowest BCUT2D eigenvalue weighted by molar-refractivity contribution is -0.142. The van der Waals surface area contributed by atoms with Crippen molar-refractivity contribution in [2.24, 2.45) is 0 Å². The molecule has 0 aliphatic heterocycles. The molecular formula is C15H15BrF3N3O3. The normalized spacial score (nSPS) is 11.3. The van der Waals surface area contributed by atoms with Crippen molar-refractivity contribution >= 4 is 27.5 Å². The third-order valence-electron chi connectivity index (χ3n) is 3.38. The molecule has 1 aromatic carbocycles. The van der Waals surface area contributed by atoms with Crippen LogP contribution in [-0.2, 0) is 17.5 Å². The SMILES string of the molecule is COc1ccc(NC(=O)Cn2nc(C(F)(F)F)c(Br)c2C)c(OC)c1. The summed E-state index contributed by atoms with van der Waals surface area (Å²) < 4.78 is 49.6. The van der Waals surface area contributed by atoms with Crippen LogP contribution in [0.5, 0.6) is 11.5 Å². The first kappa shape index (κ1) is 19.1. The fourth-order valence-corrected chi connectivity index (χ4v) is 2.60. The summed E-state index contributed by atoms with van der Waals surface area (Å²) in [5.41, 5.74) is -0.503. The van der Waals surface area contributed by atoms with Gasteiger partial charge >= 0.3 is 6.18 Å². The van der Waals surface area contributed by atoms with Crippen molar-refractivity contribution in [1.82, 2.24) is 9.78 Å². The van der Waals surface area contributed by atoms with Gasteiger partial charge in [0.15, 0.2) is 5.69 Å². The standard InChI is InChI=1S/C15H15BrF3N3O3/c1-8-13(16)14(15(17,18)19)21-22(8)7-12(23)20-10-5-4-9(24-2)6-11(10)25-3/h4-6H,7H2,1-3H3,(H,20,23). The minimum atomic E-state index is -4.61. The lowest BCUT2D eigenvalue weighted by atomic mass is 10.2. The second-order valence-corrected chi connectivity index (χ2v) is 5.81. The summed E-state index contributed by atoms with van der Waals surface area (Å²) in [4.78, 5) is 12.2. The van der Waals surface area contributed by atoms with Crippen molar-refractivity contribution < 1.29 is 27.4 Å². The van der Waals surface area contributed by atoms with Gasteiger partial charge in [-0.1, -0.05) is 0 Å². The number of benzene rings is 1. The number of methoxy groups -OCH3 is 2. The molecule has 0 fully saturated rings. The highest BCUT2D eigenvalue weighted by Gasteiger charge is 2.38. The van der Waals surface area contributed by atoms with Gasteiger partial charge in [-0.25, -0.2) is 0 Å². The van der Waals surface area contributed by atoms with E-state index in [1.54, 1.807) is 18.2 Å². The molecular weight excluding hydrogens is 407 g/mol. The van der Waals surface area contributed by atoms with Gasteiger partial charge in [0.25, 0.3) is 0 Å². The lowest BCUT2D eigenvalue weighted by Crippen LogP contribution is -2.21. The molecule has 10 heteroatoms. The highest BCUT2D eigenvalue weighted by Crippen LogP contribution is 2.35. The second-order valence-electron chi connectivity index (χ2n) is 5.02. The topological polar surface area (TPSA) is 65.4 Å². The van der Waals surface area contributed by atoms with Gasteiger partial charge < -0.3 is 14.8 Å². The van der Waals surface area contributed by atoms with Gasteiger partial charge in [0, 0.05) is 6.07 Å². The number of rotatable bonds is 5. The van der Waals surface area contributed by atoms with E-state index in [1.165, 1.54) is 21.1 Å². The Kier molecular flexibility index (Phi) is 5.61. The number of hydrogen-bond donors (Lipinski definition) is 1. The van der Waals surface area contributed by atoms with E-state index in [4.69, 9.17) is 9.47 Å². The first-order valence-corrected chi connectivity index (χ1v) is 7.78. The highest BCUT2D eigenvalue weighted by molar-refractivity contribution is 9.10. The average Bonchev–Trinajstić information content (AvgIpc) is 2.83. The molecule has 2 aromatic rings. The molecule has 0 saturated heterocycles. The van der Waals surface area contributed by atoms with E-state index < -0.39 is 17.8 Å². The van der Waals surface area contributed by atoms with Crippen molar-refractivity contribution in [1.29, 1.82) is 0 Å². The van der Waals surface area contributed by atoms with Gasteiger partial charge in [0.2, 0.25) is 5.91 Å². The largest absolute Gasteiger partial charge is 0.497 e. The Hall–Kier alpha value is -2.23. The molecule has 1 N–H and O–H groups in total. The van der Waals surface area contributed by atoms with Crippen LogP contribution in [0.15, 0.2) is 22.7 Å². The molecule has 25 heavy (non-hydrogen) atoms. The van der Waals surface area contributed by atoms with E-state index in [0.717, 1.165) is 4.68 Å². The van der Waals surface area contributed by atoms with Crippen LogP contribution in [0.3, 0.4) is 0 Å². The molecule has 0 aliphatic rings. The van der Waals surface area contributed by atoms with Gasteiger partial charge in [-0.2, -0.15) is 18.3 Å². The molecule has 0 saturated carbocycles. The quantitative estimate of drug-likeness (QED) is 0.800. The maximum atomic E-state index is 12.9. The Labute approximate surface area is 150 Å². The maximum Gasteiger partial charge on any atom is 0.436 e. The van der Waals surface area contributed by atoms with E-state index >= 15 is 0 Å². The molecule has 6 nitrogen and oxygen atoms in total. The Bertz CT molecular complexity index is 790. The summed E-state index contributed by atoms with van der Waals surface area (Å²) in [6.45, 7) is 1.06. The van der Waals surface area contributed by atoms with Crippen LogP contribution in [0, 0.1) is 6.92 Å². The molecule has 0 aliphatic carbocycles. The van der Waals surface area contributed by atoms with Crippen LogP contribution in [0.2, 0.25) is 0 Å². The number of amides is 1. The molecule has 1 heterocycles. The van der Waals surface area contributed by atoms with Crippen molar-refractivity contribution in [3.8, 4) is 11.5 Å². The zero-order valence-corrected chi connectivity index (χ0v) is 15.2. The summed E-state index contributed by atoms with van der Waals surface area (Å²) >= 11 is 2.86. The number of aromatic nitrogens is 2. The summed E-state index contributed by atoms with van der Waals surface area (Å²) in [5.74, 6) is 0.355. The minimum Gasteiger partial charge on any atom is -0.497 e. The van der Waals surface area contributed by atoms with Crippen molar-refractivity contribution in [3.05, 3.63) is 34.1 Å². The van der Waals surface area contributed by atoms with Crippen LogP contribution in [-0.4, -0.2) is 29.9 Å². The number of alkyl halides is 3. The molecule has 0 bridgehead atoms. The minimum absolute atomic E-state index is 0.185. The number of nitrogens with zero attached hydrogens (tertiary/aromatic N) is 2. The lowest BCUT2D eigenvalue weighted by Gasteiger charge is -2.12. The Balaban J connectivity index is 2.19. The maximum absolute atomic E-state index is 12.9. The number of carbonyl (C=O) groups is 1. The highest BCUT2D eigenvalue weighted by atomic mass is 79.9. The summed E-state index contributed by atoms with van der Waals surface area (Å²) in [6, 6.07) is 4.77. The zero-order valence-electron chi connectivity index (χ0n) is 13.6. The molecule has 2 rings (SSSR count). The van der Waals surface area contributed by atoms with Crippen LogP contribution < -0.4 is 14.8 Å². The average molecular weight is 422 g/mol. The van der Waals surface area contributed by atoms with E-state index in [1.807, 2.05) is 0 Å². The van der Waals surface area contributed by atoms with Gasteiger partial charge in [-0.15, -0.1) is 0 Å². The Morgan fingerprint density at radius 3 is 2.52 bits per heavy atom. The number of carbonyl (C=O) groups excluding carboxylic acids is 1. The first-order valence-electron chi connectivity index (χ1n) is 6.99. The van der Waals surface area contributed by atoms with Crippen LogP contribution >= 0.6 is 15.9 Å². The predicted octanol–water partition coefficient (Wildman–Crippen LogP) is 3.63. The van der Waals surface area contributed by atoms with Gasteiger partial charge in [-0.3, -0.25) is 9.48 Å². The monoisotopic (exact) mass is 421 g/mol. The van der Waals surface area contributed by atoms with Gasteiger partial charge in [-0.05, 0) is 35.0 Å². The van der Waals surface area contributed by atoms with Crippen LogP contribution in [0.25, 0.3) is 0 Å². The third-order valence-corrected chi connectivity index (χ3v) is 4.33. The van der Waals surface area contributed by atoms with Gasteiger partial charge in [0.05, 0.1) is 30.1 Å². The van der Waals surface area contributed by atoms with E-state index in [-0.39, 0.29) is 16.7 Å². The Morgan fingerprint density at radius 2 is 2.00 bits per heavy atom. The van der Waals surface area contributed by atoms with E-state index in [9.17, 15) is 18.0 Å². The number of anilines is 1. The van der Waals surface area contributed by atoms with Crippen molar-refractivity contribution in [2.45, 2.75) is 19.6 Å². The number of halogens is 4. The molecule has 1 aromatic heterocycles. The van der Waals surface area contributed by atoms with Crippen LogP contribution in [0.4, 0.5) is 18.9 Å². The Morgan fingerprint density at radius 1 is 1.32 bits per heavy atom. The summed E-state index contributed by atoms with van der Waals surface area (Å²) in [6.07, 6.45) is -4.61. The first-order chi connectivity index (χ1) is 11.7. The number of ether oxygens (including phenoxy) is 2. The van der Waals surface area contributed by atoms with E-state index in [2.05, 4.69) is 26.3 Å². The van der Waals surface area contributed by atoms with Crippen molar-refractivity contribution in [2.75, 3.05) is 19.5 Å². The summed E-state index contributed by atoms with van der Waals surface area (Å²) in [5, 5.41) is 6.04. The zero-order chi connectivity index (χ0) is 18.8. The smallest absolute Gasteiger partial charge is 0.436 e. The molecule has 0 radical (unpaired) electrons. The number of hydrogen-bond acceptors (Lipinski definition) is 4. The fourth-order valence-electron chi connectivity index (χ4n) is 2.09. The number of nitrogens with one attached hydrogen (secondary N) is 1. The molecule has 136 valence electrons.